The molecule has 1 atom stereocenters. The van der Waals surface area contributed by atoms with Crippen LogP contribution in [0.5, 0.6) is 0 Å². The van der Waals surface area contributed by atoms with E-state index in [-0.39, 0.29) is 12.5 Å². The van der Waals surface area contributed by atoms with Gasteiger partial charge in [0.1, 0.15) is 6.10 Å². The molecule has 0 spiro atoms. The van der Waals surface area contributed by atoms with Crippen LogP contribution in [-0.2, 0) is 13.1 Å². The maximum absolute atomic E-state index is 12.9. The highest BCUT2D eigenvalue weighted by Gasteiger charge is 2.25. The number of nitrogens with one attached hydrogen (secondary N) is 1. The van der Waals surface area contributed by atoms with Gasteiger partial charge in [-0.2, -0.15) is 5.10 Å². The molecule has 3 aromatic rings. The van der Waals surface area contributed by atoms with Crippen molar-refractivity contribution in [2.75, 3.05) is 13.2 Å². The Morgan fingerprint density at radius 1 is 1.35 bits per heavy atom. The molecular weight excluding hydrogens is 334 g/mol. The Balaban J connectivity index is 1.60. The summed E-state index contributed by atoms with van der Waals surface area (Å²) >= 11 is 0. The van der Waals surface area contributed by atoms with Gasteiger partial charge in [-0.05, 0) is 37.1 Å². The first-order valence-corrected chi connectivity index (χ1v) is 8.66. The van der Waals surface area contributed by atoms with Gasteiger partial charge in [0.2, 0.25) is 0 Å². The summed E-state index contributed by atoms with van der Waals surface area (Å²) in [4.78, 5) is 22.2. The van der Waals surface area contributed by atoms with Gasteiger partial charge in [0, 0.05) is 13.1 Å². The number of aromatic amines is 1. The van der Waals surface area contributed by atoms with Crippen LogP contribution in [0.3, 0.4) is 0 Å². The minimum absolute atomic E-state index is 0.155. The molecule has 0 saturated carbocycles. The summed E-state index contributed by atoms with van der Waals surface area (Å²) in [6.07, 6.45) is -0.244. The van der Waals surface area contributed by atoms with Crippen LogP contribution in [0.1, 0.15) is 40.1 Å². The quantitative estimate of drug-likeness (QED) is 0.653. The third kappa shape index (κ3) is 2.97. The molecule has 4 rings (SSSR count). The molecule has 136 valence electrons. The van der Waals surface area contributed by atoms with Crippen LogP contribution in [0.25, 0.3) is 11.0 Å². The second kappa shape index (κ2) is 6.54. The Labute approximate surface area is 150 Å². The van der Waals surface area contributed by atoms with Crippen LogP contribution in [0, 0.1) is 6.92 Å². The molecule has 3 heterocycles. The van der Waals surface area contributed by atoms with E-state index in [1.54, 1.807) is 15.6 Å². The van der Waals surface area contributed by atoms with E-state index in [0.29, 0.717) is 31.2 Å². The summed E-state index contributed by atoms with van der Waals surface area (Å²) in [6.45, 7) is 3.28. The number of aliphatic hydroxyl groups is 2. The highest BCUT2D eigenvalue weighted by atomic mass is 16.3. The molecule has 0 unspecified atom stereocenters. The Kier molecular flexibility index (Phi) is 4.21. The smallest absolute Gasteiger partial charge is 0.290 e. The number of aromatic nitrogens is 4. The Morgan fingerprint density at radius 2 is 2.19 bits per heavy atom. The largest absolute Gasteiger partial charge is 0.393 e. The molecular formula is C18H21N5O3. The average molecular weight is 355 g/mol. The molecule has 0 radical (unpaired) electrons. The molecule has 1 amide bonds. The lowest BCUT2D eigenvalue weighted by Crippen LogP contribution is -2.31. The number of aryl methyl sites for hydroxylation is 2. The van der Waals surface area contributed by atoms with Crippen molar-refractivity contribution in [3.63, 3.8) is 0 Å². The van der Waals surface area contributed by atoms with Gasteiger partial charge < -0.3 is 20.1 Å². The summed E-state index contributed by atoms with van der Waals surface area (Å²) in [5.41, 5.74) is 3.99. The number of rotatable bonds is 3. The van der Waals surface area contributed by atoms with Gasteiger partial charge in [-0.1, -0.05) is 6.07 Å². The Morgan fingerprint density at radius 3 is 3.00 bits per heavy atom. The number of imidazole rings is 1. The van der Waals surface area contributed by atoms with Crippen LogP contribution >= 0.6 is 0 Å². The lowest BCUT2D eigenvalue weighted by atomic mass is 10.2. The first-order valence-electron chi connectivity index (χ1n) is 8.66. The van der Waals surface area contributed by atoms with E-state index in [9.17, 15) is 9.90 Å². The van der Waals surface area contributed by atoms with E-state index < -0.39 is 6.10 Å². The average Bonchev–Trinajstić information content (AvgIpc) is 3.18. The molecule has 0 bridgehead atoms. The predicted octanol–water partition coefficient (Wildman–Crippen LogP) is 1.14. The molecule has 1 aliphatic heterocycles. The molecule has 0 saturated heterocycles. The highest BCUT2D eigenvalue weighted by molar-refractivity contribution is 5.94. The zero-order valence-electron chi connectivity index (χ0n) is 14.5. The first-order chi connectivity index (χ1) is 12.5. The van der Waals surface area contributed by atoms with E-state index in [1.165, 1.54) is 0 Å². The van der Waals surface area contributed by atoms with E-state index in [0.717, 1.165) is 28.7 Å². The fourth-order valence-corrected chi connectivity index (χ4v) is 3.29. The molecule has 8 nitrogen and oxygen atoms in total. The maximum Gasteiger partial charge on any atom is 0.290 e. The fraction of sp³-hybridized carbons (Fsp3) is 0.389. The highest BCUT2D eigenvalue weighted by Crippen LogP contribution is 2.20. The number of fused-ring (bicyclic) bond motifs is 2. The van der Waals surface area contributed by atoms with Crippen LogP contribution < -0.4 is 0 Å². The number of hydrogen-bond acceptors (Lipinski definition) is 5. The molecule has 0 fully saturated rings. The second-order valence-corrected chi connectivity index (χ2v) is 6.67. The summed E-state index contributed by atoms with van der Waals surface area (Å²) in [5, 5.41) is 23.2. The van der Waals surface area contributed by atoms with Crippen LogP contribution in [0.15, 0.2) is 24.3 Å². The summed E-state index contributed by atoms with van der Waals surface area (Å²) in [7, 11) is 0. The number of nitrogens with zero attached hydrogens (tertiary/aromatic N) is 4. The Bertz CT molecular complexity index is 961. The third-order valence-electron chi connectivity index (χ3n) is 4.67. The normalized spacial score (nSPS) is 15.7. The predicted molar refractivity (Wildman–Crippen MR) is 94.5 cm³/mol. The number of benzene rings is 1. The molecule has 0 aliphatic carbocycles. The molecule has 1 aromatic carbocycles. The number of carbonyl (C=O) groups excluding carboxylic acids is 1. The van der Waals surface area contributed by atoms with Gasteiger partial charge in [-0.15, -0.1) is 0 Å². The van der Waals surface area contributed by atoms with Gasteiger partial charge in [-0.25, -0.2) is 4.98 Å². The van der Waals surface area contributed by atoms with Gasteiger partial charge in [0.25, 0.3) is 5.91 Å². The van der Waals surface area contributed by atoms with Crippen molar-refractivity contribution < 1.29 is 15.0 Å². The molecule has 3 N–H and O–H groups in total. The number of hydrogen-bond donors (Lipinski definition) is 3. The van der Waals surface area contributed by atoms with Gasteiger partial charge >= 0.3 is 0 Å². The SMILES string of the molecule is Cc1ccc2nc(C(=O)N3CCCn4nc([C@H](O)CO)cc4C3)[nH]c2c1. The van der Waals surface area contributed by atoms with Crippen molar-refractivity contribution in [3.05, 3.63) is 47.0 Å². The summed E-state index contributed by atoms with van der Waals surface area (Å²) < 4.78 is 1.80. The third-order valence-corrected chi connectivity index (χ3v) is 4.67. The number of H-pyrrole nitrogens is 1. The van der Waals surface area contributed by atoms with Crippen LogP contribution in [-0.4, -0.2) is 53.9 Å². The number of carbonyl (C=O) groups is 1. The van der Waals surface area contributed by atoms with E-state index in [1.807, 2.05) is 25.1 Å². The number of amides is 1. The van der Waals surface area contributed by atoms with Crippen LogP contribution in [0.4, 0.5) is 0 Å². The topological polar surface area (TPSA) is 107 Å². The fourth-order valence-electron chi connectivity index (χ4n) is 3.29. The van der Waals surface area contributed by atoms with Gasteiger partial charge in [-0.3, -0.25) is 9.48 Å². The van der Waals surface area contributed by atoms with Crippen molar-refractivity contribution >= 4 is 16.9 Å². The summed E-state index contributed by atoms with van der Waals surface area (Å²) in [6, 6.07) is 7.58. The van der Waals surface area contributed by atoms with E-state index in [4.69, 9.17) is 5.11 Å². The molecule has 1 aliphatic rings. The van der Waals surface area contributed by atoms with E-state index in [2.05, 4.69) is 15.1 Å². The Hall–Kier alpha value is -2.71. The molecule has 8 heteroatoms. The van der Waals surface area contributed by atoms with Crippen molar-refractivity contribution in [1.29, 1.82) is 0 Å². The lowest BCUT2D eigenvalue weighted by molar-refractivity contribution is 0.0734. The van der Waals surface area contributed by atoms with Crippen molar-refractivity contribution in [2.24, 2.45) is 0 Å². The molecule has 2 aromatic heterocycles. The zero-order chi connectivity index (χ0) is 18.3. The van der Waals surface area contributed by atoms with Gasteiger partial charge in [0.05, 0.1) is 35.6 Å². The minimum atomic E-state index is -1.00. The van der Waals surface area contributed by atoms with E-state index >= 15 is 0 Å². The minimum Gasteiger partial charge on any atom is -0.393 e. The standard InChI is InChI=1S/C18H21N5O3/c1-11-3-4-13-14(7-11)20-17(19-13)18(26)22-5-2-6-23-12(9-22)8-15(21-23)16(25)10-24/h3-4,7-8,16,24-25H,2,5-6,9-10H2,1H3,(H,19,20)/t16-/m1/s1. The maximum atomic E-state index is 12.9. The summed E-state index contributed by atoms with van der Waals surface area (Å²) in [5.74, 6) is 0.173. The van der Waals surface area contributed by atoms with Crippen LogP contribution in [0.2, 0.25) is 0 Å². The van der Waals surface area contributed by atoms with Gasteiger partial charge in [0.15, 0.2) is 5.82 Å². The number of aliphatic hydroxyl groups excluding tert-OH is 2. The zero-order valence-corrected chi connectivity index (χ0v) is 14.5. The molecule has 26 heavy (non-hydrogen) atoms. The first kappa shape index (κ1) is 16.7. The van der Waals surface area contributed by atoms with Crippen molar-refractivity contribution in [2.45, 2.75) is 32.5 Å². The van der Waals surface area contributed by atoms with Crippen molar-refractivity contribution in [1.82, 2.24) is 24.6 Å². The van der Waals surface area contributed by atoms with Crippen molar-refractivity contribution in [3.8, 4) is 0 Å². The second-order valence-electron chi connectivity index (χ2n) is 6.67. The monoisotopic (exact) mass is 355 g/mol. The lowest BCUT2D eigenvalue weighted by Gasteiger charge is -2.18.